The van der Waals surface area contributed by atoms with Crippen LogP contribution in [0.15, 0.2) is 46.9 Å². The first-order chi connectivity index (χ1) is 10.2. The van der Waals surface area contributed by atoms with Crippen LogP contribution in [0.3, 0.4) is 0 Å². The number of hydrogen-bond donors (Lipinski definition) is 1. The van der Waals surface area contributed by atoms with Gasteiger partial charge in [0.15, 0.2) is 0 Å². The van der Waals surface area contributed by atoms with Crippen LogP contribution in [-0.4, -0.2) is 20.3 Å². The van der Waals surface area contributed by atoms with E-state index in [1.165, 1.54) is 5.56 Å². The molecule has 0 saturated carbocycles. The second-order valence-corrected chi connectivity index (χ2v) is 5.64. The van der Waals surface area contributed by atoms with Crippen molar-refractivity contribution in [2.24, 2.45) is 0 Å². The van der Waals surface area contributed by atoms with E-state index < -0.39 is 0 Å². The lowest BCUT2D eigenvalue weighted by Gasteiger charge is -2.11. The monoisotopic (exact) mass is 349 g/mol. The fourth-order valence-electron chi connectivity index (χ4n) is 1.93. The molecule has 0 bridgehead atoms. The fourth-order valence-corrected chi connectivity index (χ4v) is 2.43. The van der Waals surface area contributed by atoms with E-state index in [9.17, 15) is 0 Å². The molecule has 0 aliphatic heterocycles. The van der Waals surface area contributed by atoms with Gasteiger partial charge in [0.25, 0.3) is 0 Å². The van der Waals surface area contributed by atoms with Crippen LogP contribution in [0.5, 0.6) is 11.5 Å². The molecule has 0 spiro atoms. The topological polar surface area (TPSA) is 30.5 Å². The van der Waals surface area contributed by atoms with E-state index in [1.807, 2.05) is 43.3 Å². The summed E-state index contributed by atoms with van der Waals surface area (Å²) in [6.45, 7) is 4.39. The van der Waals surface area contributed by atoms with Crippen LogP contribution in [0.1, 0.15) is 11.1 Å². The van der Waals surface area contributed by atoms with Gasteiger partial charge < -0.3 is 14.8 Å². The Morgan fingerprint density at radius 1 is 1.14 bits per heavy atom. The van der Waals surface area contributed by atoms with E-state index in [4.69, 9.17) is 9.47 Å². The van der Waals surface area contributed by atoms with Gasteiger partial charge in [-0.3, -0.25) is 0 Å². The zero-order chi connectivity index (χ0) is 15.1. The molecule has 0 heterocycles. The van der Waals surface area contributed by atoms with Crippen LogP contribution in [-0.2, 0) is 11.3 Å². The van der Waals surface area contributed by atoms with E-state index in [-0.39, 0.29) is 0 Å². The number of halogens is 1. The molecule has 0 aliphatic rings. The summed E-state index contributed by atoms with van der Waals surface area (Å²) in [6.07, 6.45) is 0. The average Bonchev–Trinajstić information content (AvgIpc) is 2.48. The van der Waals surface area contributed by atoms with Gasteiger partial charge in [-0.15, -0.1) is 0 Å². The smallest absolute Gasteiger partial charge is 0.130 e. The molecule has 0 saturated heterocycles. The molecule has 2 rings (SSSR count). The minimum Gasteiger partial charge on any atom is -0.457 e. The van der Waals surface area contributed by atoms with E-state index in [2.05, 4.69) is 27.3 Å². The first-order valence-corrected chi connectivity index (χ1v) is 7.71. The highest BCUT2D eigenvalue weighted by Crippen LogP contribution is 2.28. The molecular formula is C17H20BrNO2. The number of ether oxygens (including phenoxy) is 2. The maximum atomic E-state index is 5.92. The first-order valence-electron chi connectivity index (χ1n) is 6.92. The average molecular weight is 350 g/mol. The summed E-state index contributed by atoms with van der Waals surface area (Å²) in [7, 11) is 1.70. The van der Waals surface area contributed by atoms with Crippen molar-refractivity contribution in [3.63, 3.8) is 0 Å². The summed E-state index contributed by atoms with van der Waals surface area (Å²) in [4.78, 5) is 0. The van der Waals surface area contributed by atoms with Crippen LogP contribution in [0.4, 0.5) is 0 Å². The van der Waals surface area contributed by atoms with Crippen molar-refractivity contribution in [2.45, 2.75) is 13.5 Å². The summed E-state index contributed by atoms with van der Waals surface area (Å²) in [5.74, 6) is 1.71. The van der Waals surface area contributed by atoms with Gasteiger partial charge in [-0.1, -0.05) is 40.2 Å². The molecule has 0 atom stereocenters. The quantitative estimate of drug-likeness (QED) is 0.756. The van der Waals surface area contributed by atoms with Gasteiger partial charge in [0.2, 0.25) is 0 Å². The van der Waals surface area contributed by atoms with E-state index in [1.54, 1.807) is 7.11 Å². The molecule has 0 radical (unpaired) electrons. The standard InChI is InChI=1S/C17H20BrNO2/c1-13-5-3-4-6-17(13)21-15-8-7-14(16(18)11-15)12-19-9-10-20-2/h3-8,11,19H,9-10,12H2,1-2H3. The van der Waals surface area contributed by atoms with Gasteiger partial charge in [0.05, 0.1) is 6.61 Å². The molecule has 0 aromatic heterocycles. The van der Waals surface area contributed by atoms with Crippen LogP contribution >= 0.6 is 15.9 Å². The Hall–Kier alpha value is -1.36. The summed E-state index contributed by atoms with van der Waals surface area (Å²) in [5.41, 5.74) is 2.32. The SMILES string of the molecule is COCCNCc1ccc(Oc2ccccc2C)cc1Br. The molecule has 2 aromatic rings. The highest BCUT2D eigenvalue weighted by Gasteiger charge is 2.04. The highest BCUT2D eigenvalue weighted by atomic mass is 79.9. The lowest BCUT2D eigenvalue weighted by molar-refractivity contribution is 0.199. The van der Waals surface area contributed by atoms with Crippen LogP contribution < -0.4 is 10.1 Å². The number of hydrogen-bond acceptors (Lipinski definition) is 3. The van der Waals surface area contributed by atoms with Crippen LogP contribution in [0.25, 0.3) is 0 Å². The molecule has 0 unspecified atom stereocenters. The zero-order valence-corrected chi connectivity index (χ0v) is 13.9. The Bertz CT molecular complexity index is 587. The Kier molecular flexibility index (Phi) is 6.23. The Labute approximate surface area is 134 Å². The summed E-state index contributed by atoms with van der Waals surface area (Å²) in [6, 6.07) is 14.1. The van der Waals surface area contributed by atoms with Crippen molar-refractivity contribution in [3.8, 4) is 11.5 Å². The zero-order valence-electron chi connectivity index (χ0n) is 12.4. The Morgan fingerprint density at radius 3 is 2.67 bits per heavy atom. The van der Waals surface area contributed by atoms with E-state index >= 15 is 0 Å². The number of methoxy groups -OCH3 is 1. The molecule has 2 aromatic carbocycles. The molecule has 4 heteroatoms. The summed E-state index contributed by atoms with van der Waals surface area (Å²) >= 11 is 3.60. The van der Waals surface area contributed by atoms with Gasteiger partial charge in [0, 0.05) is 24.7 Å². The van der Waals surface area contributed by atoms with Crippen molar-refractivity contribution < 1.29 is 9.47 Å². The third-order valence-corrected chi connectivity index (χ3v) is 3.88. The van der Waals surface area contributed by atoms with Gasteiger partial charge in [-0.2, -0.15) is 0 Å². The molecule has 3 nitrogen and oxygen atoms in total. The lowest BCUT2D eigenvalue weighted by Crippen LogP contribution is -2.18. The number of benzene rings is 2. The van der Waals surface area contributed by atoms with Gasteiger partial charge >= 0.3 is 0 Å². The predicted molar refractivity (Wildman–Crippen MR) is 89.0 cm³/mol. The Balaban J connectivity index is 2.00. The summed E-state index contributed by atoms with van der Waals surface area (Å²) < 4.78 is 12.0. The fraction of sp³-hybridized carbons (Fsp3) is 0.294. The predicted octanol–water partition coefficient (Wildman–Crippen LogP) is 4.29. The highest BCUT2D eigenvalue weighted by molar-refractivity contribution is 9.10. The molecule has 0 fully saturated rings. The molecule has 1 N–H and O–H groups in total. The molecule has 0 aliphatic carbocycles. The molecule has 112 valence electrons. The number of aryl methyl sites for hydroxylation is 1. The van der Waals surface area contributed by atoms with Crippen molar-refractivity contribution in [2.75, 3.05) is 20.3 Å². The second kappa shape index (κ2) is 8.17. The van der Waals surface area contributed by atoms with Crippen molar-refractivity contribution in [1.82, 2.24) is 5.32 Å². The van der Waals surface area contributed by atoms with Gasteiger partial charge in [-0.25, -0.2) is 0 Å². The van der Waals surface area contributed by atoms with Gasteiger partial charge in [0.1, 0.15) is 11.5 Å². The minimum atomic E-state index is 0.714. The third kappa shape index (κ3) is 4.84. The Morgan fingerprint density at radius 2 is 1.95 bits per heavy atom. The third-order valence-electron chi connectivity index (χ3n) is 3.14. The maximum absolute atomic E-state index is 5.92. The normalized spacial score (nSPS) is 10.6. The summed E-state index contributed by atoms with van der Waals surface area (Å²) in [5, 5.41) is 3.33. The van der Waals surface area contributed by atoms with E-state index in [0.717, 1.165) is 34.6 Å². The number of para-hydroxylation sites is 1. The lowest BCUT2D eigenvalue weighted by atomic mass is 10.2. The van der Waals surface area contributed by atoms with Crippen molar-refractivity contribution in [3.05, 3.63) is 58.1 Å². The van der Waals surface area contributed by atoms with Gasteiger partial charge in [-0.05, 0) is 36.2 Å². The maximum Gasteiger partial charge on any atom is 0.130 e. The van der Waals surface area contributed by atoms with Crippen molar-refractivity contribution >= 4 is 15.9 Å². The number of nitrogens with one attached hydrogen (secondary N) is 1. The molecule has 21 heavy (non-hydrogen) atoms. The molecular weight excluding hydrogens is 330 g/mol. The minimum absolute atomic E-state index is 0.714. The van der Waals surface area contributed by atoms with Crippen LogP contribution in [0.2, 0.25) is 0 Å². The van der Waals surface area contributed by atoms with Crippen LogP contribution in [0, 0.1) is 6.92 Å². The number of rotatable bonds is 7. The first kappa shape index (κ1) is 16.0. The van der Waals surface area contributed by atoms with E-state index in [0.29, 0.717) is 6.61 Å². The van der Waals surface area contributed by atoms with Crippen molar-refractivity contribution in [1.29, 1.82) is 0 Å². The second-order valence-electron chi connectivity index (χ2n) is 4.79. The largest absolute Gasteiger partial charge is 0.457 e. The molecule has 0 amide bonds.